The number of hydrogen-bond acceptors (Lipinski definition) is 8. The van der Waals surface area contributed by atoms with E-state index < -0.39 is 11.7 Å². The summed E-state index contributed by atoms with van der Waals surface area (Å²) in [6, 6.07) is 9.12. The summed E-state index contributed by atoms with van der Waals surface area (Å²) in [5, 5.41) is 7.42. The zero-order chi connectivity index (χ0) is 32.7. The number of pyridine rings is 1. The van der Waals surface area contributed by atoms with Crippen molar-refractivity contribution in [3.05, 3.63) is 47.8 Å². The highest BCUT2D eigenvalue weighted by Gasteiger charge is 2.31. The van der Waals surface area contributed by atoms with Gasteiger partial charge in [0.1, 0.15) is 12.1 Å². The second-order valence-corrected chi connectivity index (χ2v) is 13.1. The molecule has 3 amide bonds. The van der Waals surface area contributed by atoms with Gasteiger partial charge in [0.2, 0.25) is 17.7 Å². The Labute approximate surface area is 267 Å². The largest absolute Gasteiger partial charge is 0.477 e. The molecule has 0 saturated carbocycles. The van der Waals surface area contributed by atoms with Crippen LogP contribution in [0.5, 0.6) is 5.88 Å². The van der Waals surface area contributed by atoms with E-state index in [9.17, 15) is 14.4 Å². The molecule has 3 aromatic heterocycles. The molecule has 13 nitrogen and oxygen atoms in total. The predicted molar refractivity (Wildman–Crippen MR) is 173 cm³/mol. The number of fused-ring (bicyclic) bond motifs is 7. The van der Waals surface area contributed by atoms with Gasteiger partial charge < -0.3 is 18.9 Å². The summed E-state index contributed by atoms with van der Waals surface area (Å²) in [6.07, 6.45) is 2.89. The van der Waals surface area contributed by atoms with E-state index in [1.165, 1.54) is 4.90 Å². The maximum atomic E-state index is 13.7. The normalized spacial score (nSPS) is 17.8. The molecule has 1 saturated heterocycles. The first kappa shape index (κ1) is 31.1. The van der Waals surface area contributed by atoms with Gasteiger partial charge >= 0.3 is 6.09 Å². The molecule has 2 aliphatic rings. The van der Waals surface area contributed by atoms with Crippen LogP contribution in [-0.4, -0.2) is 79.0 Å². The maximum absolute atomic E-state index is 13.7. The molecule has 1 aromatic carbocycles. The van der Waals surface area contributed by atoms with Crippen LogP contribution in [0.3, 0.4) is 0 Å². The Morgan fingerprint density at radius 1 is 1.11 bits per heavy atom. The summed E-state index contributed by atoms with van der Waals surface area (Å²) in [6.45, 7) is 11.1. The Bertz CT molecular complexity index is 1820. The molecule has 2 aliphatic heterocycles. The fourth-order valence-corrected chi connectivity index (χ4v) is 5.88. The van der Waals surface area contributed by atoms with E-state index in [1.807, 2.05) is 36.7 Å². The van der Waals surface area contributed by atoms with Gasteiger partial charge in [-0.3, -0.25) is 24.8 Å². The Morgan fingerprint density at radius 3 is 2.67 bits per heavy atom. The molecule has 13 heteroatoms. The molecule has 4 aromatic rings. The van der Waals surface area contributed by atoms with Gasteiger partial charge in [-0.2, -0.15) is 5.10 Å². The first-order chi connectivity index (χ1) is 21.9. The molecule has 0 unspecified atom stereocenters. The van der Waals surface area contributed by atoms with Crippen molar-refractivity contribution in [3.8, 4) is 17.1 Å². The van der Waals surface area contributed by atoms with Crippen molar-refractivity contribution < 1.29 is 23.9 Å². The number of benzene rings is 1. The maximum Gasteiger partial charge on any atom is 0.410 e. The number of ether oxygens (including phenoxy) is 2. The standard InChI is InChI=1S/C33H40N8O5/c1-20-8-7-13-45-30-24(17-34-38(30)6)26-15-22(14-21(2)35-26)29(43)37-31-36-25-10-9-23(16-27(25)41(31)18-20)40-12-11-39(19-28(40)42)32(44)46-33(3,4)5/h9-10,14-17,20H,7-8,11-13,18-19H2,1-6H3,(H,36,37,43)/t20-/m1/s1. The van der Waals surface area contributed by atoms with Gasteiger partial charge in [-0.1, -0.05) is 6.92 Å². The number of carbonyl (C=O) groups excluding carboxylic acids is 3. The van der Waals surface area contributed by atoms with Gasteiger partial charge in [-0.05, 0) is 76.8 Å². The first-order valence-corrected chi connectivity index (χ1v) is 15.6. The Morgan fingerprint density at radius 2 is 1.91 bits per heavy atom. The molecule has 0 aliphatic carbocycles. The second kappa shape index (κ2) is 12.1. The molecule has 46 heavy (non-hydrogen) atoms. The number of hydrogen-bond donors (Lipinski definition) is 1. The molecule has 6 rings (SSSR count). The summed E-state index contributed by atoms with van der Waals surface area (Å²) in [5.41, 5.74) is 4.01. The summed E-state index contributed by atoms with van der Waals surface area (Å²) >= 11 is 0. The fourth-order valence-electron chi connectivity index (χ4n) is 5.88. The number of nitrogens with one attached hydrogen (secondary N) is 1. The number of aryl methyl sites for hydroxylation is 2. The van der Waals surface area contributed by atoms with Crippen LogP contribution >= 0.6 is 0 Å². The smallest absolute Gasteiger partial charge is 0.410 e. The number of anilines is 2. The van der Waals surface area contributed by atoms with Crippen molar-refractivity contribution in [2.45, 2.75) is 59.6 Å². The summed E-state index contributed by atoms with van der Waals surface area (Å²) in [4.78, 5) is 52.1. The van der Waals surface area contributed by atoms with Gasteiger partial charge in [-0.25, -0.2) is 14.5 Å². The van der Waals surface area contributed by atoms with E-state index in [-0.39, 0.29) is 24.3 Å². The van der Waals surface area contributed by atoms with Crippen LogP contribution in [0.2, 0.25) is 0 Å². The lowest BCUT2D eigenvalue weighted by molar-refractivity contribution is -0.121. The summed E-state index contributed by atoms with van der Waals surface area (Å²) in [5.74, 6) is 0.746. The molecule has 0 spiro atoms. The number of nitrogens with zero attached hydrogens (tertiary/aromatic N) is 7. The van der Waals surface area contributed by atoms with Crippen LogP contribution in [0.1, 0.15) is 56.6 Å². The Hall–Kier alpha value is -4.94. The number of rotatable bonds is 1. The van der Waals surface area contributed by atoms with E-state index in [0.717, 1.165) is 23.9 Å². The van der Waals surface area contributed by atoms with E-state index >= 15 is 0 Å². The van der Waals surface area contributed by atoms with Crippen molar-refractivity contribution >= 4 is 40.6 Å². The van der Waals surface area contributed by atoms with Crippen LogP contribution in [0.4, 0.5) is 16.4 Å². The molecule has 242 valence electrons. The summed E-state index contributed by atoms with van der Waals surface area (Å²) in [7, 11) is 1.83. The van der Waals surface area contributed by atoms with Crippen LogP contribution in [0, 0.1) is 12.8 Å². The lowest BCUT2D eigenvalue weighted by Crippen LogP contribution is -2.53. The molecule has 1 N–H and O–H groups in total. The third-order valence-corrected chi connectivity index (χ3v) is 8.09. The van der Waals surface area contributed by atoms with Gasteiger partial charge in [0, 0.05) is 43.6 Å². The molecule has 1 fully saturated rings. The molecule has 0 radical (unpaired) electrons. The number of piperazine rings is 1. The molecule has 2 bridgehead atoms. The number of imidazole rings is 1. The van der Waals surface area contributed by atoms with Crippen LogP contribution in [-0.2, 0) is 23.1 Å². The van der Waals surface area contributed by atoms with E-state index in [2.05, 4.69) is 22.3 Å². The van der Waals surface area contributed by atoms with E-state index in [1.54, 1.807) is 48.7 Å². The van der Waals surface area contributed by atoms with Gasteiger partial charge in [0.15, 0.2) is 0 Å². The molecule has 5 heterocycles. The molecular formula is C33H40N8O5. The minimum Gasteiger partial charge on any atom is -0.477 e. The SMILES string of the molecule is Cc1cc2cc(n1)-c1cnn(C)c1OCCC[C@@H](C)Cn1c(nc3ccc(N4CCN(C(=O)OC(C)(C)C)CC4=O)cc31)NC2=O. The lowest BCUT2D eigenvalue weighted by atomic mass is 10.1. The van der Waals surface area contributed by atoms with Crippen molar-refractivity contribution in [3.63, 3.8) is 0 Å². The van der Waals surface area contributed by atoms with Gasteiger partial charge in [-0.15, -0.1) is 0 Å². The number of amides is 3. The highest BCUT2D eigenvalue weighted by Crippen LogP contribution is 2.32. The quantitative estimate of drug-likeness (QED) is 0.318. The minimum atomic E-state index is -0.644. The molecular weight excluding hydrogens is 588 g/mol. The third kappa shape index (κ3) is 6.40. The predicted octanol–water partition coefficient (Wildman–Crippen LogP) is 4.78. The van der Waals surface area contributed by atoms with Gasteiger partial charge in [0.25, 0.3) is 5.91 Å². The average Bonchev–Trinajstić information content (AvgIpc) is 3.52. The zero-order valence-electron chi connectivity index (χ0n) is 27.2. The van der Waals surface area contributed by atoms with Crippen LogP contribution in [0.15, 0.2) is 36.5 Å². The van der Waals surface area contributed by atoms with Crippen molar-refractivity contribution in [1.82, 2.24) is 29.2 Å². The Kier molecular flexibility index (Phi) is 8.17. The summed E-state index contributed by atoms with van der Waals surface area (Å²) < 4.78 is 15.3. The topological polar surface area (TPSA) is 137 Å². The van der Waals surface area contributed by atoms with Crippen LogP contribution in [0.25, 0.3) is 22.3 Å². The number of carbonyl (C=O) groups is 3. The Balaban J connectivity index is 1.32. The minimum absolute atomic E-state index is 0.0696. The van der Waals surface area contributed by atoms with E-state index in [4.69, 9.17) is 14.5 Å². The zero-order valence-corrected chi connectivity index (χ0v) is 27.2. The van der Waals surface area contributed by atoms with Gasteiger partial charge in [0.05, 0.1) is 35.1 Å². The van der Waals surface area contributed by atoms with Crippen molar-refractivity contribution in [2.75, 3.05) is 36.5 Å². The van der Waals surface area contributed by atoms with Crippen molar-refractivity contribution in [2.24, 2.45) is 13.0 Å². The molecule has 1 atom stereocenters. The fraction of sp³-hybridized carbons (Fsp3) is 0.455. The number of aromatic nitrogens is 5. The first-order valence-electron chi connectivity index (χ1n) is 15.6. The average molecular weight is 629 g/mol. The third-order valence-electron chi connectivity index (χ3n) is 8.09. The van der Waals surface area contributed by atoms with Crippen LogP contribution < -0.4 is 15.0 Å². The second-order valence-electron chi connectivity index (χ2n) is 13.1. The monoisotopic (exact) mass is 628 g/mol. The highest BCUT2D eigenvalue weighted by molar-refractivity contribution is 6.05. The lowest BCUT2D eigenvalue weighted by Gasteiger charge is -2.35. The van der Waals surface area contributed by atoms with Crippen molar-refractivity contribution in [1.29, 1.82) is 0 Å². The highest BCUT2D eigenvalue weighted by atomic mass is 16.6. The van der Waals surface area contributed by atoms with E-state index in [0.29, 0.717) is 66.2 Å².